The van der Waals surface area contributed by atoms with Crippen LogP contribution in [-0.2, 0) is 11.2 Å². The van der Waals surface area contributed by atoms with Crippen molar-refractivity contribution >= 4 is 46.9 Å². The van der Waals surface area contributed by atoms with E-state index >= 15 is 0 Å². The molecule has 0 aliphatic carbocycles. The average molecular weight is 435 g/mol. The number of fused-ring (bicyclic) bond motifs is 1. The van der Waals surface area contributed by atoms with Gasteiger partial charge < -0.3 is 10.6 Å². The summed E-state index contributed by atoms with van der Waals surface area (Å²) < 4.78 is 0. The number of thioether (sulfide) groups is 1. The van der Waals surface area contributed by atoms with Gasteiger partial charge in [-0.3, -0.25) is 9.59 Å². The van der Waals surface area contributed by atoms with Gasteiger partial charge in [-0.05, 0) is 47.9 Å². The minimum Gasteiger partial charge on any atom is -0.352 e. The molecule has 3 aromatic rings. The summed E-state index contributed by atoms with van der Waals surface area (Å²) in [5.41, 5.74) is 3.11. The summed E-state index contributed by atoms with van der Waals surface area (Å²) in [6, 6.07) is 22.7. The Bertz CT molecular complexity index is 1130. The molecule has 0 fully saturated rings. The van der Waals surface area contributed by atoms with Crippen LogP contribution in [0, 0.1) is 0 Å². The minimum atomic E-state index is -0.214. The molecule has 0 atom stereocenters. The van der Waals surface area contributed by atoms with Crippen LogP contribution in [0.2, 0.25) is 5.02 Å². The van der Waals surface area contributed by atoms with Gasteiger partial charge in [0.1, 0.15) is 0 Å². The van der Waals surface area contributed by atoms with Gasteiger partial charge in [0.2, 0.25) is 0 Å². The van der Waals surface area contributed by atoms with Crippen LogP contribution in [-0.4, -0.2) is 18.4 Å². The van der Waals surface area contributed by atoms with Crippen LogP contribution in [0.25, 0.3) is 6.08 Å². The van der Waals surface area contributed by atoms with Crippen molar-refractivity contribution in [1.82, 2.24) is 5.32 Å². The monoisotopic (exact) mass is 434 g/mol. The first-order valence-corrected chi connectivity index (χ1v) is 10.7. The molecule has 1 aliphatic rings. The molecule has 2 amide bonds. The fourth-order valence-electron chi connectivity index (χ4n) is 3.10. The van der Waals surface area contributed by atoms with Gasteiger partial charge in [-0.25, -0.2) is 0 Å². The number of halogens is 1. The second-order valence-corrected chi connectivity index (χ2v) is 8.28. The summed E-state index contributed by atoms with van der Waals surface area (Å²) in [5.74, 6) is -0.376. The van der Waals surface area contributed by atoms with Crippen molar-refractivity contribution in [3.63, 3.8) is 0 Å². The van der Waals surface area contributed by atoms with Gasteiger partial charge in [-0.2, -0.15) is 0 Å². The fourth-order valence-corrected chi connectivity index (χ4v) is 4.21. The van der Waals surface area contributed by atoms with Crippen LogP contribution in [0.3, 0.4) is 0 Å². The van der Waals surface area contributed by atoms with Crippen molar-refractivity contribution in [3.8, 4) is 0 Å². The molecule has 4 rings (SSSR count). The number of rotatable bonds is 5. The normalized spacial score (nSPS) is 14.2. The molecule has 0 saturated carbocycles. The highest BCUT2D eigenvalue weighted by atomic mass is 35.5. The molecule has 0 bridgehead atoms. The highest BCUT2D eigenvalue weighted by Crippen LogP contribution is 2.39. The Kier molecular flexibility index (Phi) is 6.21. The first-order valence-electron chi connectivity index (χ1n) is 9.52. The van der Waals surface area contributed by atoms with E-state index < -0.39 is 0 Å². The molecule has 3 aromatic carbocycles. The smallest absolute Gasteiger partial charge is 0.262 e. The van der Waals surface area contributed by atoms with E-state index in [9.17, 15) is 9.59 Å². The molecule has 4 nitrogen and oxygen atoms in total. The third-order valence-electron chi connectivity index (χ3n) is 4.67. The van der Waals surface area contributed by atoms with E-state index in [0.29, 0.717) is 27.7 Å². The maximum Gasteiger partial charge on any atom is 0.262 e. The van der Waals surface area contributed by atoms with Crippen molar-refractivity contribution < 1.29 is 9.59 Å². The topological polar surface area (TPSA) is 58.2 Å². The first-order chi connectivity index (χ1) is 14.6. The lowest BCUT2D eigenvalue weighted by atomic mass is 10.1. The van der Waals surface area contributed by atoms with Crippen LogP contribution in [0.1, 0.15) is 21.5 Å². The fraction of sp³-hybridized carbons (Fsp3) is 0.0833. The van der Waals surface area contributed by atoms with E-state index in [1.165, 1.54) is 17.3 Å². The van der Waals surface area contributed by atoms with Crippen molar-refractivity contribution in [2.24, 2.45) is 0 Å². The number of hydrogen-bond acceptors (Lipinski definition) is 3. The molecule has 150 valence electrons. The second kappa shape index (κ2) is 9.20. The average Bonchev–Trinajstić information content (AvgIpc) is 2.76. The Morgan fingerprint density at radius 1 is 1.03 bits per heavy atom. The summed E-state index contributed by atoms with van der Waals surface area (Å²) in [5, 5.41) is 6.39. The molecule has 30 heavy (non-hydrogen) atoms. The molecule has 6 heteroatoms. The summed E-state index contributed by atoms with van der Waals surface area (Å²) >= 11 is 7.56. The van der Waals surface area contributed by atoms with Gasteiger partial charge >= 0.3 is 0 Å². The summed E-state index contributed by atoms with van der Waals surface area (Å²) in [4.78, 5) is 26.5. The highest BCUT2D eigenvalue weighted by molar-refractivity contribution is 8.04. The van der Waals surface area contributed by atoms with Crippen molar-refractivity contribution in [2.75, 3.05) is 11.9 Å². The summed E-state index contributed by atoms with van der Waals surface area (Å²) in [6.45, 7) is 0.547. The van der Waals surface area contributed by atoms with E-state index in [-0.39, 0.29) is 11.8 Å². The van der Waals surface area contributed by atoms with Crippen molar-refractivity contribution in [3.05, 3.63) is 99.4 Å². The first kappa shape index (κ1) is 20.3. The Hall–Kier alpha value is -3.02. The standard InChI is InChI=1S/C24H19ClN2O2S/c25-19-9-5-4-8-17(19)15-22-24(29)27-20-14-18(10-11-21(20)30-22)23(28)26-13-12-16-6-2-1-3-7-16/h1-11,14-15H,12-13H2,(H,26,28)(H,27,29). The predicted molar refractivity (Wildman–Crippen MR) is 123 cm³/mol. The van der Waals surface area contributed by atoms with Gasteiger partial charge in [0.15, 0.2) is 0 Å². The Morgan fingerprint density at radius 2 is 1.80 bits per heavy atom. The largest absolute Gasteiger partial charge is 0.352 e. The van der Waals surface area contributed by atoms with Crippen LogP contribution < -0.4 is 10.6 Å². The zero-order valence-corrected chi connectivity index (χ0v) is 17.6. The maximum absolute atomic E-state index is 12.5. The molecular formula is C24H19ClN2O2S. The van der Waals surface area contributed by atoms with Gasteiger partial charge in [0.25, 0.3) is 11.8 Å². The zero-order valence-electron chi connectivity index (χ0n) is 16.0. The minimum absolute atomic E-state index is 0.162. The Balaban J connectivity index is 1.44. The predicted octanol–water partition coefficient (Wildman–Crippen LogP) is 5.40. The molecule has 1 heterocycles. The highest BCUT2D eigenvalue weighted by Gasteiger charge is 2.22. The van der Waals surface area contributed by atoms with Gasteiger partial charge in [0.05, 0.1) is 10.6 Å². The number of anilines is 1. The molecule has 0 aromatic heterocycles. The quantitative estimate of drug-likeness (QED) is 0.529. The van der Waals surface area contributed by atoms with Gasteiger partial charge in [0, 0.05) is 22.0 Å². The van der Waals surface area contributed by atoms with E-state index in [1.807, 2.05) is 54.6 Å². The number of hydrogen-bond donors (Lipinski definition) is 2. The lowest BCUT2D eigenvalue weighted by molar-refractivity contribution is -0.112. The SMILES string of the molecule is O=C1Nc2cc(C(=O)NCCc3ccccc3)ccc2SC1=Cc1ccccc1Cl. The molecule has 0 unspecified atom stereocenters. The van der Waals surface area contributed by atoms with Crippen LogP contribution in [0.4, 0.5) is 5.69 Å². The summed E-state index contributed by atoms with van der Waals surface area (Å²) in [7, 11) is 0. The maximum atomic E-state index is 12.5. The molecule has 0 radical (unpaired) electrons. The van der Waals surface area contributed by atoms with E-state index in [1.54, 1.807) is 24.3 Å². The third kappa shape index (κ3) is 4.75. The van der Waals surface area contributed by atoms with Gasteiger partial charge in [-0.15, -0.1) is 0 Å². The molecule has 0 saturated heterocycles. The second-order valence-electron chi connectivity index (χ2n) is 6.79. The van der Waals surface area contributed by atoms with Crippen molar-refractivity contribution in [1.29, 1.82) is 0 Å². The zero-order chi connectivity index (χ0) is 20.9. The van der Waals surface area contributed by atoms with E-state index in [4.69, 9.17) is 11.6 Å². The molecular weight excluding hydrogens is 416 g/mol. The van der Waals surface area contributed by atoms with Crippen LogP contribution in [0.15, 0.2) is 82.6 Å². The third-order valence-corrected chi connectivity index (χ3v) is 6.11. The van der Waals surface area contributed by atoms with Crippen molar-refractivity contribution in [2.45, 2.75) is 11.3 Å². The number of nitrogens with one attached hydrogen (secondary N) is 2. The molecule has 1 aliphatic heterocycles. The van der Waals surface area contributed by atoms with Crippen LogP contribution in [0.5, 0.6) is 0 Å². The van der Waals surface area contributed by atoms with E-state index in [0.717, 1.165) is 16.9 Å². The lowest BCUT2D eigenvalue weighted by Crippen LogP contribution is -2.26. The lowest BCUT2D eigenvalue weighted by Gasteiger charge is -2.19. The van der Waals surface area contributed by atoms with Crippen LogP contribution >= 0.6 is 23.4 Å². The van der Waals surface area contributed by atoms with Gasteiger partial charge in [-0.1, -0.05) is 71.9 Å². The molecule has 0 spiro atoms. The Labute approximate surface area is 184 Å². The number of carbonyl (C=O) groups excluding carboxylic acids is 2. The number of carbonyl (C=O) groups is 2. The molecule has 2 N–H and O–H groups in total. The summed E-state index contributed by atoms with van der Waals surface area (Å²) in [6.07, 6.45) is 2.54. The van der Waals surface area contributed by atoms with E-state index in [2.05, 4.69) is 10.6 Å². The number of amides is 2. The Morgan fingerprint density at radius 3 is 2.60 bits per heavy atom. The number of benzene rings is 3.